The average Bonchev–Trinajstić information content (AvgIpc) is 2.70. The normalized spacial score (nSPS) is 11.1. The van der Waals surface area contributed by atoms with E-state index in [0.717, 1.165) is 11.3 Å². The molecule has 0 aliphatic heterocycles. The summed E-state index contributed by atoms with van der Waals surface area (Å²) in [7, 11) is 0. The molecule has 0 aliphatic rings. The van der Waals surface area contributed by atoms with E-state index in [4.69, 9.17) is 5.73 Å². The van der Waals surface area contributed by atoms with E-state index in [-0.39, 0.29) is 0 Å². The summed E-state index contributed by atoms with van der Waals surface area (Å²) in [5, 5.41) is 11.2. The van der Waals surface area contributed by atoms with Crippen LogP contribution in [-0.2, 0) is 0 Å². The van der Waals surface area contributed by atoms with Gasteiger partial charge >= 0.3 is 0 Å². The molecule has 0 unspecified atom stereocenters. The molecule has 2 aromatic rings. The molecule has 3 nitrogen and oxygen atoms in total. The predicted octanol–water partition coefficient (Wildman–Crippen LogP) is 2.84. The van der Waals surface area contributed by atoms with Crippen LogP contribution in [0.2, 0.25) is 0 Å². The third-order valence-electron chi connectivity index (χ3n) is 2.22. The van der Waals surface area contributed by atoms with Gasteiger partial charge in [0.15, 0.2) is 0 Å². The van der Waals surface area contributed by atoms with E-state index in [9.17, 15) is 0 Å². The second-order valence-corrected chi connectivity index (χ2v) is 4.34. The minimum atomic E-state index is 0.392. The van der Waals surface area contributed by atoms with Crippen LogP contribution in [0.3, 0.4) is 0 Å². The zero-order valence-corrected chi connectivity index (χ0v) is 9.06. The van der Waals surface area contributed by atoms with Crippen LogP contribution in [0.25, 0.3) is 11.3 Å². The highest BCUT2D eigenvalue weighted by molar-refractivity contribution is 7.08. The van der Waals surface area contributed by atoms with Crippen molar-refractivity contribution in [2.24, 2.45) is 0 Å². The molecule has 0 radical (unpaired) electrons. The van der Waals surface area contributed by atoms with Gasteiger partial charge in [0.25, 0.3) is 0 Å². The summed E-state index contributed by atoms with van der Waals surface area (Å²) in [5.41, 5.74) is 9.15. The molecule has 0 spiro atoms. The molecular weight excluding hydrogens is 194 g/mol. The van der Waals surface area contributed by atoms with E-state index in [1.807, 2.05) is 0 Å². The predicted molar refractivity (Wildman–Crippen MR) is 60.4 cm³/mol. The van der Waals surface area contributed by atoms with Crippen LogP contribution >= 0.6 is 11.3 Å². The Kier molecular flexibility index (Phi) is 2.29. The SMILES string of the molecule is CC(C)c1c(N)n[nH]c1-c1ccsc1. The summed E-state index contributed by atoms with van der Waals surface area (Å²) in [4.78, 5) is 0. The first-order chi connectivity index (χ1) is 6.70. The summed E-state index contributed by atoms with van der Waals surface area (Å²) >= 11 is 1.68. The standard InChI is InChI=1S/C10H13N3S/c1-6(2)8-9(12-13-10(8)11)7-3-4-14-5-7/h3-6H,1-2H3,(H3,11,12,13). The first-order valence-electron chi connectivity index (χ1n) is 4.56. The highest BCUT2D eigenvalue weighted by Gasteiger charge is 2.15. The fraction of sp³-hybridized carbons (Fsp3) is 0.300. The molecule has 3 N–H and O–H groups in total. The Labute approximate surface area is 87.0 Å². The Morgan fingerprint density at radius 1 is 1.50 bits per heavy atom. The van der Waals surface area contributed by atoms with Crippen molar-refractivity contribution < 1.29 is 0 Å². The summed E-state index contributed by atoms with van der Waals surface area (Å²) in [6.45, 7) is 4.24. The number of aromatic nitrogens is 2. The van der Waals surface area contributed by atoms with Gasteiger partial charge in [0, 0.05) is 16.5 Å². The first kappa shape index (κ1) is 9.27. The maximum absolute atomic E-state index is 5.81. The van der Waals surface area contributed by atoms with Gasteiger partial charge in [0.2, 0.25) is 0 Å². The van der Waals surface area contributed by atoms with Crippen molar-refractivity contribution in [2.45, 2.75) is 19.8 Å². The van der Waals surface area contributed by atoms with E-state index >= 15 is 0 Å². The number of H-pyrrole nitrogens is 1. The van der Waals surface area contributed by atoms with Crippen LogP contribution in [-0.4, -0.2) is 10.2 Å². The molecule has 0 saturated carbocycles. The summed E-state index contributed by atoms with van der Waals surface area (Å²) in [6, 6.07) is 2.07. The number of anilines is 1. The molecule has 0 bridgehead atoms. The second kappa shape index (κ2) is 3.46. The number of nitrogens with zero attached hydrogens (tertiary/aromatic N) is 1. The molecule has 2 aromatic heterocycles. The Morgan fingerprint density at radius 3 is 2.86 bits per heavy atom. The Bertz CT molecular complexity index is 415. The largest absolute Gasteiger partial charge is 0.382 e. The minimum Gasteiger partial charge on any atom is -0.382 e. The molecule has 0 atom stereocenters. The van der Waals surface area contributed by atoms with Gasteiger partial charge in [0.05, 0.1) is 5.69 Å². The minimum absolute atomic E-state index is 0.392. The van der Waals surface area contributed by atoms with Crippen molar-refractivity contribution in [1.82, 2.24) is 10.2 Å². The summed E-state index contributed by atoms with van der Waals surface area (Å²) in [6.07, 6.45) is 0. The van der Waals surface area contributed by atoms with Crippen LogP contribution in [0.5, 0.6) is 0 Å². The van der Waals surface area contributed by atoms with Gasteiger partial charge in [-0.2, -0.15) is 16.4 Å². The number of rotatable bonds is 2. The number of hydrogen-bond acceptors (Lipinski definition) is 3. The van der Waals surface area contributed by atoms with Crippen molar-refractivity contribution in [1.29, 1.82) is 0 Å². The van der Waals surface area contributed by atoms with Crippen molar-refractivity contribution in [2.75, 3.05) is 5.73 Å². The maximum Gasteiger partial charge on any atom is 0.149 e. The third kappa shape index (κ3) is 1.42. The van der Waals surface area contributed by atoms with Crippen LogP contribution in [0.1, 0.15) is 25.3 Å². The Hall–Kier alpha value is -1.29. The maximum atomic E-state index is 5.81. The molecule has 0 aliphatic carbocycles. The number of nitrogens with two attached hydrogens (primary N) is 1. The van der Waals surface area contributed by atoms with Crippen LogP contribution in [0, 0.1) is 0 Å². The Balaban J connectivity index is 2.54. The molecule has 4 heteroatoms. The van der Waals surface area contributed by atoms with Crippen molar-refractivity contribution >= 4 is 17.2 Å². The molecule has 74 valence electrons. The van der Waals surface area contributed by atoms with Crippen molar-refractivity contribution in [3.63, 3.8) is 0 Å². The molecule has 2 rings (SSSR count). The van der Waals surface area contributed by atoms with E-state index in [1.54, 1.807) is 11.3 Å². The average molecular weight is 207 g/mol. The zero-order chi connectivity index (χ0) is 10.1. The van der Waals surface area contributed by atoms with Gasteiger partial charge in [0.1, 0.15) is 5.82 Å². The first-order valence-corrected chi connectivity index (χ1v) is 5.50. The van der Waals surface area contributed by atoms with E-state index in [2.05, 4.69) is 40.9 Å². The number of thiophene rings is 1. The van der Waals surface area contributed by atoms with Crippen LogP contribution in [0.4, 0.5) is 5.82 Å². The molecule has 0 aromatic carbocycles. The molecule has 2 heterocycles. The van der Waals surface area contributed by atoms with Gasteiger partial charge in [-0.25, -0.2) is 0 Å². The highest BCUT2D eigenvalue weighted by Crippen LogP contribution is 2.32. The molecule has 0 amide bonds. The number of nitrogen functional groups attached to an aromatic ring is 1. The summed E-state index contributed by atoms with van der Waals surface area (Å²) < 4.78 is 0. The lowest BCUT2D eigenvalue weighted by Gasteiger charge is -2.05. The number of nitrogens with one attached hydrogen (secondary N) is 1. The van der Waals surface area contributed by atoms with Gasteiger partial charge in [-0.15, -0.1) is 0 Å². The highest BCUT2D eigenvalue weighted by atomic mass is 32.1. The Morgan fingerprint density at radius 2 is 2.29 bits per heavy atom. The lowest BCUT2D eigenvalue weighted by Crippen LogP contribution is -1.94. The smallest absolute Gasteiger partial charge is 0.149 e. The van der Waals surface area contributed by atoms with Crippen molar-refractivity contribution in [3.05, 3.63) is 22.4 Å². The fourth-order valence-electron chi connectivity index (χ4n) is 1.58. The van der Waals surface area contributed by atoms with E-state index < -0.39 is 0 Å². The fourth-order valence-corrected chi connectivity index (χ4v) is 2.22. The van der Waals surface area contributed by atoms with E-state index in [1.165, 1.54) is 5.56 Å². The zero-order valence-electron chi connectivity index (χ0n) is 8.24. The van der Waals surface area contributed by atoms with Crippen LogP contribution < -0.4 is 5.73 Å². The second-order valence-electron chi connectivity index (χ2n) is 3.56. The topological polar surface area (TPSA) is 54.7 Å². The number of hydrogen-bond donors (Lipinski definition) is 2. The van der Waals surface area contributed by atoms with Crippen molar-refractivity contribution in [3.8, 4) is 11.3 Å². The quantitative estimate of drug-likeness (QED) is 0.795. The van der Waals surface area contributed by atoms with Gasteiger partial charge < -0.3 is 5.73 Å². The number of aromatic amines is 1. The molecule has 0 saturated heterocycles. The molecular formula is C10H13N3S. The molecule has 14 heavy (non-hydrogen) atoms. The molecule has 0 fully saturated rings. The van der Waals surface area contributed by atoms with Gasteiger partial charge in [-0.3, -0.25) is 5.10 Å². The monoisotopic (exact) mass is 207 g/mol. The summed E-state index contributed by atoms with van der Waals surface area (Å²) in [5.74, 6) is 1.00. The van der Waals surface area contributed by atoms with Gasteiger partial charge in [-0.1, -0.05) is 13.8 Å². The van der Waals surface area contributed by atoms with Gasteiger partial charge in [-0.05, 0) is 17.4 Å². The lowest BCUT2D eigenvalue weighted by molar-refractivity contribution is 0.873. The van der Waals surface area contributed by atoms with Crippen LogP contribution in [0.15, 0.2) is 16.8 Å². The third-order valence-corrected chi connectivity index (χ3v) is 2.90. The lowest BCUT2D eigenvalue weighted by atomic mass is 10.0. The van der Waals surface area contributed by atoms with E-state index in [0.29, 0.717) is 11.7 Å².